The molecule has 0 aliphatic carbocycles. The second-order valence-electron chi connectivity index (χ2n) is 3.83. The minimum atomic E-state index is -0.993. The van der Waals surface area contributed by atoms with E-state index in [0.717, 1.165) is 18.3 Å². The lowest BCUT2D eigenvalue weighted by Gasteiger charge is -2.02. The van der Waals surface area contributed by atoms with Gasteiger partial charge in [0, 0.05) is 29.6 Å². The summed E-state index contributed by atoms with van der Waals surface area (Å²) in [5, 5.41) is 18.3. The van der Waals surface area contributed by atoms with Crippen LogP contribution < -0.4 is 5.73 Å². The van der Waals surface area contributed by atoms with E-state index in [1.54, 1.807) is 0 Å². The second-order valence-corrected chi connectivity index (χ2v) is 3.83. The fraction of sp³-hybridized carbons (Fsp3) is 0. The van der Waals surface area contributed by atoms with Crippen molar-refractivity contribution in [3.8, 4) is 11.5 Å². The summed E-state index contributed by atoms with van der Waals surface area (Å²) in [4.78, 5) is 3.64. The van der Waals surface area contributed by atoms with Crippen molar-refractivity contribution in [1.29, 1.82) is 0 Å². The summed E-state index contributed by atoms with van der Waals surface area (Å²) in [7, 11) is 0. The third-order valence-corrected chi connectivity index (χ3v) is 2.40. The molecule has 0 aliphatic heterocycles. The van der Waals surface area contributed by atoms with E-state index in [-0.39, 0.29) is 5.75 Å². The van der Waals surface area contributed by atoms with Crippen molar-refractivity contribution in [2.75, 3.05) is 5.73 Å². The minimum absolute atomic E-state index is 0.0395. The number of nitrogens with zero attached hydrogens (tertiary/aromatic N) is 1. The fourth-order valence-electron chi connectivity index (χ4n) is 1.48. The predicted octanol–water partition coefficient (Wildman–Crippen LogP) is 2.71. The molecule has 0 unspecified atom stereocenters. The number of hydrogen-bond acceptors (Lipinski definition) is 4. The van der Waals surface area contributed by atoms with Crippen LogP contribution in [0.4, 0.5) is 20.2 Å². The molecule has 19 heavy (non-hydrogen) atoms. The van der Waals surface area contributed by atoms with Gasteiger partial charge in [-0.25, -0.2) is 13.8 Å². The molecule has 0 heterocycles. The van der Waals surface area contributed by atoms with Crippen molar-refractivity contribution in [1.82, 2.24) is 0 Å². The van der Waals surface area contributed by atoms with Crippen LogP contribution in [0.5, 0.6) is 11.5 Å². The maximum Gasteiger partial charge on any atom is 0.155 e. The lowest BCUT2D eigenvalue weighted by molar-refractivity contribution is 0.461. The van der Waals surface area contributed by atoms with Gasteiger partial charge in [0.15, 0.2) is 11.6 Å². The van der Waals surface area contributed by atoms with Crippen LogP contribution in [-0.4, -0.2) is 16.4 Å². The van der Waals surface area contributed by atoms with Crippen LogP contribution >= 0.6 is 0 Å². The molecule has 0 fully saturated rings. The zero-order chi connectivity index (χ0) is 14.0. The first-order valence-electron chi connectivity index (χ1n) is 5.28. The highest BCUT2D eigenvalue weighted by atomic mass is 19.1. The van der Waals surface area contributed by atoms with E-state index in [0.29, 0.717) is 11.3 Å². The van der Waals surface area contributed by atoms with Crippen LogP contribution in [0, 0.1) is 11.6 Å². The standard InChI is InChI=1S/C13H10F2N2O2/c14-10-4-9(19)5-11(15)13(10)17-6-7-3-8(18)1-2-12(7)16/h1-6,18-19H,16H2. The van der Waals surface area contributed by atoms with Gasteiger partial charge in [0.25, 0.3) is 0 Å². The van der Waals surface area contributed by atoms with Gasteiger partial charge in [0.1, 0.15) is 17.2 Å². The topological polar surface area (TPSA) is 78.8 Å². The van der Waals surface area contributed by atoms with Gasteiger partial charge >= 0.3 is 0 Å². The van der Waals surface area contributed by atoms with E-state index in [9.17, 15) is 13.9 Å². The van der Waals surface area contributed by atoms with Crippen molar-refractivity contribution >= 4 is 17.6 Å². The van der Waals surface area contributed by atoms with Gasteiger partial charge in [-0.2, -0.15) is 0 Å². The highest BCUT2D eigenvalue weighted by Crippen LogP contribution is 2.27. The summed E-state index contributed by atoms with van der Waals surface area (Å²) >= 11 is 0. The molecule has 4 nitrogen and oxygen atoms in total. The number of halogens is 2. The smallest absolute Gasteiger partial charge is 0.155 e. The highest BCUT2D eigenvalue weighted by molar-refractivity contribution is 5.89. The van der Waals surface area contributed by atoms with Gasteiger partial charge in [-0.15, -0.1) is 0 Å². The van der Waals surface area contributed by atoms with E-state index < -0.39 is 23.1 Å². The zero-order valence-electron chi connectivity index (χ0n) is 9.64. The summed E-state index contributed by atoms with van der Waals surface area (Å²) in [6.45, 7) is 0. The van der Waals surface area contributed by atoms with Gasteiger partial charge in [0.05, 0.1) is 0 Å². The molecular weight excluding hydrogens is 254 g/mol. The molecule has 4 N–H and O–H groups in total. The Bertz CT molecular complexity index is 634. The first-order valence-corrected chi connectivity index (χ1v) is 5.28. The third kappa shape index (κ3) is 2.79. The Morgan fingerprint density at radius 3 is 2.26 bits per heavy atom. The molecule has 98 valence electrons. The molecule has 2 aromatic rings. The quantitative estimate of drug-likeness (QED) is 0.443. The van der Waals surface area contributed by atoms with Gasteiger partial charge in [-0.3, -0.25) is 0 Å². The number of nitrogens with two attached hydrogens (primary N) is 1. The summed E-state index contributed by atoms with van der Waals surface area (Å²) in [6.07, 6.45) is 1.13. The number of aliphatic imine (C=N–C) groups is 1. The lowest BCUT2D eigenvalue weighted by atomic mass is 10.2. The van der Waals surface area contributed by atoms with Gasteiger partial charge < -0.3 is 15.9 Å². The van der Waals surface area contributed by atoms with Gasteiger partial charge in [-0.1, -0.05) is 0 Å². The van der Waals surface area contributed by atoms with Gasteiger partial charge in [0.2, 0.25) is 0 Å². The molecule has 2 rings (SSSR count). The highest BCUT2D eigenvalue weighted by Gasteiger charge is 2.09. The molecule has 2 aromatic carbocycles. The van der Waals surface area contributed by atoms with Crippen LogP contribution in [0.1, 0.15) is 5.56 Å². The summed E-state index contributed by atoms with van der Waals surface area (Å²) in [5.74, 6) is -2.55. The van der Waals surface area contributed by atoms with Crippen LogP contribution in [0.3, 0.4) is 0 Å². The molecule has 0 aromatic heterocycles. The Hall–Kier alpha value is -2.63. The molecule has 0 spiro atoms. The molecule has 0 amide bonds. The van der Waals surface area contributed by atoms with E-state index in [4.69, 9.17) is 10.8 Å². The Kier molecular flexibility index (Phi) is 3.33. The number of phenolic OH excluding ortho intramolecular Hbond substituents is 2. The van der Waals surface area contributed by atoms with E-state index in [1.807, 2.05) is 0 Å². The Labute approximate surface area is 107 Å². The van der Waals surface area contributed by atoms with Crippen molar-refractivity contribution in [2.45, 2.75) is 0 Å². The number of anilines is 1. The monoisotopic (exact) mass is 264 g/mol. The molecule has 6 heteroatoms. The SMILES string of the molecule is Nc1ccc(O)cc1C=Nc1c(F)cc(O)cc1F. The number of aromatic hydroxyl groups is 2. The molecule has 0 radical (unpaired) electrons. The van der Waals surface area contributed by atoms with Crippen LogP contribution in [0.2, 0.25) is 0 Å². The first kappa shape index (κ1) is 12.8. The van der Waals surface area contributed by atoms with E-state index in [2.05, 4.69) is 4.99 Å². The number of hydrogen-bond donors (Lipinski definition) is 3. The van der Waals surface area contributed by atoms with Crippen molar-refractivity contribution < 1.29 is 19.0 Å². The molecule has 0 aliphatic rings. The molecule has 0 atom stereocenters. The lowest BCUT2D eigenvalue weighted by Crippen LogP contribution is -1.92. The average molecular weight is 264 g/mol. The van der Waals surface area contributed by atoms with Crippen LogP contribution in [0.15, 0.2) is 35.3 Å². The number of rotatable bonds is 2. The first-order chi connectivity index (χ1) is 8.97. The van der Waals surface area contributed by atoms with Crippen molar-refractivity contribution in [3.63, 3.8) is 0 Å². The normalized spacial score (nSPS) is 11.1. The summed E-state index contributed by atoms with van der Waals surface area (Å²) in [5.41, 5.74) is 5.72. The molecule has 0 bridgehead atoms. The summed E-state index contributed by atoms with van der Waals surface area (Å²) < 4.78 is 26.8. The summed E-state index contributed by atoms with van der Waals surface area (Å²) in [6, 6.07) is 5.65. The predicted molar refractivity (Wildman–Crippen MR) is 67.8 cm³/mol. The van der Waals surface area contributed by atoms with E-state index >= 15 is 0 Å². The average Bonchev–Trinajstić information content (AvgIpc) is 2.32. The van der Waals surface area contributed by atoms with Crippen LogP contribution in [-0.2, 0) is 0 Å². The van der Waals surface area contributed by atoms with E-state index in [1.165, 1.54) is 18.2 Å². The second kappa shape index (κ2) is 4.93. The maximum absolute atomic E-state index is 13.4. The molecule has 0 saturated heterocycles. The maximum atomic E-state index is 13.4. The van der Waals surface area contributed by atoms with Crippen LogP contribution in [0.25, 0.3) is 0 Å². The van der Waals surface area contributed by atoms with Gasteiger partial charge in [-0.05, 0) is 18.2 Å². The third-order valence-electron chi connectivity index (χ3n) is 2.40. The largest absolute Gasteiger partial charge is 0.508 e. The minimum Gasteiger partial charge on any atom is -0.508 e. The van der Waals surface area contributed by atoms with Crippen molar-refractivity contribution in [2.24, 2.45) is 4.99 Å². The number of nitrogen functional groups attached to an aromatic ring is 1. The molecular formula is C13H10F2N2O2. The number of benzene rings is 2. The Morgan fingerprint density at radius 2 is 1.63 bits per heavy atom. The van der Waals surface area contributed by atoms with Crippen molar-refractivity contribution in [3.05, 3.63) is 47.5 Å². The zero-order valence-corrected chi connectivity index (χ0v) is 9.64. The Morgan fingerprint density at radius 1 is 1.00 bits per heavy atom. The Balaban J connectivity index is 2.41. The number of phenols is 2. The molecule has 0 saturated carbocycles. The fourth-order valence-corrected chi connectivity index (χ4v) is 1.48.